The highest BCUT2D eigenvalue weighted by Crippen LogP contribution is 2.28. The van der Waals surface area contributed by atoms with Crippen LogP contribution in [0.2, 0.25) is 0 Å². The zero-order valence-electron chi connectivity index (χ0n) is 16.4. The fraction of sp³-hybridized carbons (Fsp3) is 0.381. The fourth-order valence-electron chi connectivity index (χ4n) is 3.49. The van der Waals surface area contributed by atoms with E-state index in [9.17, 15) is 17.6 Å². The molecule has 8 heteroatoms. The summed E-state index contributed by atoms with van der Waals surface area (Å²) in [4.78, 5) is 14.9. The minimum atomic E-state index is -3.71. The largest absolute Gasteiger partial charge is 0.342 e. The second kappa shape index (κ2) is 8.53. The molecule has 0 saturated carbocycles. The lowest BCUT2D eigenvalue weighted by Crippen LogP contribution is -2.50. The number of sulfonamides is 1. The predicted molar refractivity (Wildman–Crippen MR) is 113 cm³/mol. The third-order valence-corrected chi connectivity index (χ3v) is 7.39. The smallest absolute Gasteiger partial charge is 0.240 e. The van der Waals surface area contributed by atoms with Crippen molar-refractivity contribution < 1.29 is 17.6 Å². The summed E-state index contributed by atoms with van der Waals surface area (Å²) in [6.07, 6.45) is 1.06. The third kappa shape index (κ3) is 5.05. The van der Waals surface area contributed by atoms with E-state index in [1.165, 1.54) is 12.1 Å². The van der Waals surface area contributed by atoms with E-state index in [0.717, 1.165) is 22.2 Å². The van der Waals surface area contributed by atoms with Crippen LogP contribution in [-0.2, 0) is 20.2 Å². The van der Waals surface area contributed by atoms with Crippen LogP contribution in [0.25, 0.3) is 0 Å². The van der Waals surface area contributed by atoms with Gasteiger partial charge < -0.3 is 4.90 Å². The topological polar surface area (TPSA) is 66.5 Å². The molecule has 1 aliphatic heterocycles. The van der Waals surface area contributed by atoms with Crippen LogP contribution >= 0.6 is 15.9 Å². The Morgan fingerprint density at radius 1 is 1.07 bits per heavy atom. The molecule has 2 aromatic rings. The van der Waals surface area contributed by atoms with Gasteiger partial charge in [0.15, 0.2) is 0 Å². The Morgan fingerprint density at radius 3 is 2.17 bits per heavy atom. The Balaban J connectivity index is 1.62. The molecular formula is C21H24BrFN2O3S. The van der Waals surface area contributed by atoms with Gasteiger partial charge in [-0.25, -0.2) is 17.5 Å². The molecule has 2 aromatic carbocycles. The second-order valence-electron chi connectivity index (χ2n) is 7.77. The number of hydrogen-bond donors (Lipinski definition) is 1. The number of rotatable bonds is 5. The van der Waals surface area contributed by atoms with Crippen LogP contribution in [0.1, 0.15) is 32.3 Å². The SMILES string of the molecule is CC(C)(C(=O)N1CCC(NS(=O)(=O)c2ccc(F)cc2)CC1)c1ccc(Br)cc1. The number of piperidine rings is 1. The van der Waals surface area contributed by atoms with E-state index in [0.29, 0.717) is 25.9 Å². The van der Waals surface area contributed by atoms with Gasteiger partial charge in [-0.1, -0.05) is 28.1 Å². The standard InChI is InChI=1S/C21H24BrFN2O3S/c1-21(2,15-3-5-16(22)6-4-15)20(26)25-13-11-18(12-14-25)24-29(27,28)19-9-7-17(23)8-10-19/h3-10,18,24H,11-14H2,1-2H3. The Labute approximate surface area is 179 Å². The summed E-state index contributed by atoms with van der Waals surface area (Å²) in [6, 6.07) is 12.2. The van der Waals surface area contributed by atoms with Crippen molar-refractivity contribution in [1.29, 1.82) is 0 Å². The molecule has 1 saturated heterocycles. The normalized spacial score (nSPS) is 16.1. The molecular weight excluding hydrogens is 459 g/mol. The first-order valence-corrected chi connectivity index (χ1v) is 11.7. The molecule has 29 heavy (non-hydrogen) atoms. The summed E-state index contributed by atoms with van der Waals surface area (Å²) >= 11 is 3.41. The zero-order valence-corrected chi connectivity index (χ0v) is 18.8. The molecule has 0 aliphatic carbocycles. The van der Waals surface area contributed by atoms with Gasteiger partial charge in [-0.2, -0.15) is 0 Å². The van der Waals surface area contributed by atoms with Crippen molar-refractivity contribution in [2.75, 3.05) is 13.1 Å². The maximum absolute atomic E-state index is 13.1. The lowest BCUT2D eigenvalue weighted by atomic mass is 9.82. The van der Waals surface area contributed by atoms with Crippen molar-refractivity contribution in [3.05, 3.63) is 64.4 Å². The molecule has 0 atom stereocenters. The van der Waals surface area contributed by atoms with Crippen LogP contribution in [0.15, 0.2) is 57.9 Å². The first-order valence-electron chi connectivity index (χ1n) is 9.43. The van der Waals surface area contributed by atoms with Crippen molar-refractivity contribution in [3.8, 4) is 0 Å². The Kier molecular flexibility index (Phi) is 6.45. The van der Waals surface area contributed by atoms with Crippen molar-refractivity contribution in [2.24, 2.45) is 0 Å². The summed E-state index contributed by atoms with van der Waals surface area (Å²) in [5, 5.41) is 0. The fourth-order valence-corrected chi connectivity index (χ4v) is 5.06. The Bertz CT molecular complexity index is 968. The predicted octanol–water partition coefficient (Wildman–Crippen LogP) is 3.84. The van der Waals surface area contributed by atoms with Gasteiger partial charge in [-0.15, -0.1) is 0 Å². The van der Waals surface area contributed by atoms with Crippen LogP contribution in [0.4, 0.5) is 4.39 Å². The highest BCUT2D eigenvalue weighted by Gasteiger charge is 2.36. The van der Waals surface area contributed by atoms with Gasteiger partial charge in [0.1, 0.15) is 5.82 Å². The lowest BCUT2D eigenvalue weighted by Gasteiger charge is -2.37. The molecule has 1 heterocycles. The lowest BCUT2D eigenvalue weighted by molar-refractivity contribution is -0.137. The average molecular weight is 483 g/mol. The summed E-state index contributed by atoms with van der Waals surface area (Å²) < 4.78 is 41.6. The quantitative estimate of drug-likeness (QED) is 0.703. The molecule has 156 valence electrons. The van der Waals surface area contributed by atoms with Gasteiger partial charge in [0, 0.05) is 23.6 Å². The van der Waals surface area contributed by atoms with Crippen LogP contribution in [0.5, 0.6) is 0 Å². The minimum absolute atomic E-state index is 0.0275. The number of carbonyl (C=O) groups is 1. The van der Waals surface area contributed by atoms with Crippen LogP contribution in [0.3, 0.4) is 0 Å². The van der Waals surface area contributed by atoms with Crippen LogP contribution in [0, 0.1) is 5.82 Å². The molecule has 1 aliphatic rings. The van der Waals surface area contributed by atoms with Crippen LogP contribution < -0.4 is 4.72 Å². The number of amides is 1. The summed E-state index contributed by atoms with van der Waals surface area (Å²) in [5.41, 5.74) is 0.270. The first kappa shape index (κ1) is 21.9. The molecule has 5 nitrogen and oxygen atoms in total. The van der Waals surface area contributed by atoms with Crippen molar-refractivity contribution in [2.45, 2.75) is 43.0 Å². The van der Waals surface area contributed by atoms with Gasteiger partial charge in [0.2, 0.25) is 15.9 Å². The van der Waals surface area contributed by atoms with Gasteiger partial charge in [0.25, 0.3) is 0 Å². The van der Waals surface area contributed by atoms with E-state index in [2.05, 4.69) is 20.7 Å². The average Bonchev–Trinajstić information content (AvgIpc) is 2.68. The Hall–Kier alpha value is -1.77. The summed E-state index contributed by atoms with van der Waals surface area (Å²) in [6.45, 7) is 4.77. The van der Waals surface area contributed by atoms with Gasteiger partial charge in [0.05, 0.1) is 10.3 Å². The molecule has 3 rings (SSSR count). The van der Waals surface area contributed by atoms with E-state index in [1.54, 1.807) is 4.90 Å². The van der Waals surface area contributed by atoms with E-state index in [-0.39, 0.29) is 16.8 Å². The first-order chi connectivity index (χ1) is 13.6. The maximum atomic E-state index is 13.1. The van der Waals surface area contributed by atoms with Crippen LogP contribution in [-0.4, -0.2) is 38.4 Å². The molecule has 0 radical (unpaired) electrons. The van der Waals surface area contributed by atoms with Gasteiger partial charge in [-0.05, 0) is 68.7 Å². The Morgan fingerprint density at radius 2 is 1.62 bits per heavy atom. The molecule has 1 N–H and O–H groups in total. The van der Waals surface area contributed by atoms with E-state index >= 15 is 0 Å². The van der Waals surface area contributed by atoms with Crippen molar-refractivity contribution >= 4 is 31.9 Å². The number of likely N-dealkylation sites (tertiary alicyclic amines) is 1. The molecule has 1 fully saturated rings. The van der Waals surface area contributed by atoms with Gasteiger partial charge in [-0.3, -0.25) is 4.79 Å². The zero-order chi connectivity index (χ0) is 21.2. The van der Waals surface area contributed by atoms with E-state index < -0.39 is 21.3 Å². The molecule has 0 unspecified atom stereocenters. The van der Waals surface area contributed by atoms with Crippen molar-refractivity contribution in [3.63, 3.8) is 0 Å². The van der Waals surface area contributed by atoms with E-state index in [1.807, 2.05) is 38.1 Å². The number of hydrogen-bond acceptors (Lipinski definition) is 3. The summed E-state index contributed by atoms with van der Waals surface area (Å²) in [7, 11) is -3.71. The summed E-state index contributed by atoms with van der Waals surface area (Å²) in [5.74, 6) is -0.455. The maximum Gasteiger partial charge on any atom is 0.240 e. The van der Waals surface area contributed by atoms with Gasteiger partial charge >= 0.3 is 0 Å². The van der Waals surface area contributed by atoms with E-state index in [4.69, 9.17) is 0 Å². The molecule has 1 amide bonds. The number of carbonyl (C=O) groups excluding carboxylic acids is 1. The molecule has 0 bridgehead atoms. The number of nitrogens with zero attached hydrogens (tertiary/aromatic N) is 1. The number of benzene rings is 2. The monoisotopic (exact) mass is 482 g/mol. The number of nitrogens with one attached hydrogen (secondary N) is 1. The number of halogens is 2. The highest BCUT2D eigenvalue weighted by molar-refractivity contribution is 9.10. The third-order valence-electron chi connectivity index (χ3n) is 5.33. The molecule has 0 spiro atoms. The van der Waals surface area contributed by atoms with Crippen molar-refractivity contribution in [1.82, 2.24) is 9.62 Å². The highest BCUT2D eigenvalue weighted by atomic mass is 79.9. The molecule has 0 aromatic heterocycles. The minimum Gasteiger partial charge on any atom is -0.342 e. The second-order valence-corrected chi connectivity index (χ2v) is 10.4.